The third-order valence-electron chi connectivity index (χ3n) is 4.07. The summed E-state index contributed by atoms with van der Waals surface area (Å²) in [6.45, 7) is 5.98. The SMILES string of the molecule is Cc1ccc(NC(=O)[C@@H](C)Sc2ncc(-c3ccccc3)[nH]2)cc1C. The second kappa shape index (κ2) is 7.57. The number of imidazole rings is 1. The molecule has 0 aliphatic carbocycles. The van der Waals surface area contributed by atoms with Crippen LogP contribution in [0.15, 0.2) is 59.9 Å². The Bertz CT molecular complexity index is 874. The third-order valence-corrected chi connectivity index (χ3v) is 5.07. The zero-order valence-electron chi connectivity index (χ0n) is 14.5. The van der Waals surface area contributed by atoms with Gasteiger partial charge in [-0.25, -0.2) is 4.98 Å². The van der Waals surface area contributed by atoms with E-state index in [1.54, 1.807) is 6.20 Å². The first kappa shape index (κ1) is 17.3. The summed E-state index contributed by atoms with van der Waals surface area (Å²) in [5.41, 5.74) is 5.23. The molecule has 0 aliphatic rings. The van der Waals surface area contributed by atoms with Crippen LogP contribution in [0.1, 0.15) is 18.1 Å². The lowest BCUT2D eigenvalue weighted by Crippen LogP contribution is -2.22. The average Bonchev–Trinajstić information content (AvgIpc) is 3.07. The smallest absolute Gasteiger partial charge is 0.237 e. The summed E-state index contributed by atoms with van der Waals surface area (Å²) in [5.74, 6) is -0.0362. The predicted octanol–water partition coefficient (Wildman–Crippen LogP) is 4.81. The highest BCUT2D eigenvalue weighted by atomic mass is 32.2. The standard InChI is InChI=1S/C20H21N3OS/c1-13-9-10-17(11-14(13)2)22-19(24)15(3)25-20-21-12-18(23-20)16-7-5-4-6-8-16/h4-12,15H,1-3H3,(H,21,23)(H,22,24)/t15-/m1/s1. The molecule has 0 saturated heterocycles. The van der Waals surface area contributed by atoms with E-state index in [1.165, 1.54) is 17.3 Å². The van der Waals surface area contributed by atoms with E-state index in [2.05, 4.69) is 22.2 Å². The second-order valence-electron chi connectivity index (χ2n) is 6.02. The minimum Gasteiger partial charge on any atom is -0.333 e. The number of carbonyl (C=O) groups excluding carboxylic acids is 1. The zero-order valence-corrected chi connectivity index (χ0v) is 15.4. The minimum absolute atomic E-state index is 0.0362. The first-order valence-corrected chi connectivity index (χ1v) is 9.06. The normalized spacial score (nSPS) is 12.0. The number of amides is 1. The summed E-state index contributed by atoms with van der Waals surface area (Å²) in [4.78, 5) is 20.1. The molecular weight excluding hydrogens is 330 g/mol. The highest BCUT2D eigenvalue weighted by Crippen LogP contribution is 2.25. The second-order valence-corrected chi connectivity index (χ2v) is 7.35. The number of carbonyl (C=O) groups is 1. The van der Waals surface area contributed by atoms with Crippen LogP contribution in [0.5, 0.6) is 0 Å². The summed E-state index contributed by atoms with van der Waals surface area (Å²) in [6.07, 6.45) is 1.80. The number of nitrogens with one attached hydrogen (secondary N) is 2. The van der Waals surface area contributed by atoms with Crippen LogP contribution in [0.4, 0.5) is 5.69 Å². The van der Waals surface area contributed by atoms with Crippen molar-refractivity contribution in [3.8, 4) is 11.3 Å². The van der Waals surface area contributed by atoms with E-state index in [1.807, 2.05) is 62.4 Å². The Morgan fingerprint density at radius 3 is 2.60 bits per heavy atom. The largest absolute Gasteiger partial charge is 0.333 e. The van der Waals surface area contributed by atoms with Gasteiger partial charge in [-0.3, -0.25) is 4.79 Å². The summed E-state index contributed by atoms with van der Waals surface area (Å²) >= 11 is 1.42. The maximum atomic E-state index is 12.4. The molecule has 0 spiro atoms. The van der Waals surface area contributed by atoms with E-state index < -0.39 is 0 Å². The number of aromatic amines is 1. The molecule has 3 rings (SSSR count). The molecule has 4 nitrogen and oxygen atoms in total. The minimum atomic E-state index is -0.253. The lowest BCUT2D eigenvalue weighted by molar-refractivity contribution is -0.115. The molecule has 25 heavy (non-hydrogen) atoms. The number of hydrogen-bond acceptors (Lipinski definition) is 3. The van der Waals surface area contributed by atoms with Crippen molar-refractivity contribution in [1.29, 1.82) is 0 Å². The number of thioether (sulfide) groups is 1. The Morgan fingerprint density at radius 2 is 1.88 bits per heavy atom. The van der Waals surface area contributed by atoms with Gasteiger partial charge < -0.3 is 10.3 Å². The lowest BCUT2D eigenvalue weighted by atomic mass is 10.1. The Morgan fingerprint density at radius 1 is 1.12 bits per heavy atom. The summed E-state index contributed by atoms with van der Waals surface area (Å²) in [6, 6.07) is 15.9. The van der Waals surface area contributed by atoms with Gasteiger partial charge in [0.2, 0.25) is 5.91 Å². The molecule has 0 unspecified atom stereocenters. The zero-order chi connectivity index (χ0) is 17.8. The quantitative estimate of drug-likeness (QED) is 0.648. The van der Waals surface area contributed by atoms with E-state index in [-0.39, 0.29) is 11.2 Å². The fourth-order valence-corrected chi connectivity index (χ4v) is 3.19. The maximum Gasteiger partial charge on any atom is 0.237 e. The van der Waals surface area contributed by atoms with Gasteiger partial charge in [-0.2, -0.15) is 0 Å². The van der Waals surface area contributed by atoms with Gasteiger partial charge in [-0.1, -0.05) is 48.2 Å². The van der Waals surface area contributed by atoms with E-state index in [0.29, 0.717) is 0 Å². The molecule has 0 bridgehead atoms. The van der Waals surface area contributed by atoms with Crippen molar-refractivity contribution in [3.63, 3.8) is 0 Å². The van der Waals surface area contributed by atoms with Crippen molar-refractivity contribution >= 4 is 23.4 Å². The predicted molar refractivity (Wildman–Crippen MR) is 104 cm³/mol. The third kappa shape index (κ3) is 4.31. The van der Waals surface area contributed by atoms with E-state index in [4.69, 9.17) is 0 Å². The Kier molecular flexibility index (Phi) is 5.24. The van der Waals surface area contributed by atoms with Gasteiger partial charge in [-0.05, 0) is 49.6 Å². The number of H-pyrrole nitrogens is 1. The number of aryl methyl sites for hydroxylation is 2. The molecule has 5 heteroatoms. The molecule has 1 atom stereocenters. The van der Waals surface area contributed by atoms with E-state index in [9.17, 15) is 4.79 Å². The number of benzene rings is 2. The lowest BCUT2D eigenvalue weighted by Gasteiger charge is -2.11. The molecule has 0 saturated carbocycles. The summed E-state index contributed by atoms with van der Waals surface area (Å²) in [7, 11) is 0. The molecule has 1 amide bonds. The van der Waals surface area contributed by atoms with Crippen molar-refractivity contribution in [2.75, 3.05) is 5.32 Å². The number of rotatable bonds is 5. The Hall–Kier alpha value is -2.53. The molecule has 2 aromatic carbocycles. The van der Waals surface area contributed by atoms with Crippen LogP contribution in [0.25, 0.3) is 11.3 Å². The van der Waals surface area contributed by atoms with Crippen LogP contribution in [0.2, 0.25) is 0 Å². The molecular formula is C20H21N3OS. The van der Waals surface area contributed by atoms with Crippen LogP contribution in [-0.4, -0.2) is 21.1 Å². The molecule has 3 aromatic rings. The van der Waals surface area contributed by atoms with Gasteiger partial charge >= 0.3 is 0 Å². The molecule has 1 aromatic heterocycles. The van der Waals surface area contributed by atoms with Crippen molar-refractivity contribution in [2.24, 2.45) is 0 Å². The molecule has 0 radical (unpaired) electrons. The van der Waals surface area contributed by atoms with Gasteiger partial charge in [-0.15, -0.1) is 0 Å². The number of aromatic nitrogens is 2. The fourth-order valence-electron chi connectivity index (χ4n) is 2.41. The molecule has 0 aliphatic heterocycles. The number of anilines is 1. The van der Waals surface area contributed by atoms with Crippen molar-refractivity contribution in [3.05, 3.63) is 65.9 Å². The van der Waals surface area contributed by atoms with Crippen LogP contribution >= 0.6 is 11.8 Å². The fraction of sp³-hybridized carbons (Fsp3) is 0.200. The summed E-state index contributed by atoms with van der Waals surface area (Å²) in [5, 5.41) is 3.45. The first-order chi connectivity index (χ1) is 12.0. The molecule has 0 fully saturated rings. The molecule has 128 valence electrons. The highest BCUT2D eigenvalue weighted by Gasteiger charge is 2.17. The highest BCUT2D eigenvalue weighted by molar-refractivity contribution is 8.00. The monoisotopic (exact) mass is 351 g/mol. The van der Waals surface area contributed by atoms with Gasteiger partial charge in [0.25, 0.3) is 0 Å². The van der Waals surface area contributed by atoms with Crippen molar-refractivity contribution < 1.29 is 4.79 Å². The topological polar surface area (TPSA) is 57.8 Å². The number of hydrogen-bond donors (Lipinski definition) is 2. The molecule has 2 N–H and O–H groups in total. The first-order valence-electron chi connectivity index (χ1n) is 8.18. The van der Waals surface area contributed by atoms with Crippen LogP contribution in [0.3, 0.4) is 0 Å². The van der Waals surface area contributed by atoms with E-state index in [0.717, 1.165) is 27.7 Å². The summed E-state index contributed by atoms with van der Waals surface area (Å²) < 4.78 is 0. The van der Waals surface area contributed by atoms with Gasteiger partial charge in [0, 0.05) is 5.69 Å². The van der Waals surface area contributed by atoms with Gasteiger partial charge in [0.15, 0.2) is 5.16 Å². The van der Waals surface area contributed by atoms with Crippen LogP contribution < -0.4 is 5.32 Å². The average molecular weight is 351 g/mol. The van der Waals surface area contributed by atoms with Crippen LogP contribution in [-0.2, 0) is 4.79 Å². The van der Waals surface area contributed by atoms with Crippen molar-refractivity contribution in [1.82, 2.24) is 9.97 Å². The van der Waals surface area contributed by atoms with Gasteiger partial charge in [0.05, 0.1) is 17.1 Å². The van der Waals surface area contributed by atoms with Gasteiger partial charge in [0.1, 0.15) is 0 Å². The Labute approximate surface area is 152 Å². The van der Waals surface area contributed by atoms with E-state index >= 15 is 0 Å². The van der Waals surface area contributed by atoms with Crippen LogP contribution in [0, 0.1) is 13.8 Å². The number of nitrogens with zero attached hydrogens (tertiary/aromatic N) is 1. The Balaban J connectivity index is 1.63. The maximum absolute atomic E-state index is 12.4. The molecule has 1 heterocycles. The van der Waals surface area contributed by atoms with Crippen molar-refractivity contribution in [2.45, 2.75) is 31.2 Å².